The van der Waals surface area contributed by atoms with Crippen molar-refractivity contribution in [2.24, 2.45) is 0 Å². The summed E-state index contributed by atoms with van der Waals surface area (Å²) >= 11 is 0. The van der Waals surface area contributed by atoms with E-state index in [1.165, 1.54) is 5.57 Å². The van der Waals surface area contributed by atoms with Gasteiger partial charge in [0.2, 0.25) is 0 Å². The minimum atomic E-state index is -1.08. The van der Waals surface area contributed by atoms with E-state index in [0.29, 0.717) is 19.6 Å². The molecule has 100 valence electrons. The van der Waals surface area contributed by atoms with Crippen LogP contribution in [0.25, 0.3) is 0 Å². The average molecular weight is 246 g/mol. The topological polar surface area (TPSA) is 90.2 Å². The Bertz CT molecular complexity index is 245. The normalized spacial score (nSPS) is 19.6. The molecule has 1 rings (SSSR count). The summed E-state index contributed by atoms with van der Waals surface area (Å²) in [6.07, 6.45) is 3.36. The first-order valence-electron chi connectivity index (χ1n) is 5.66. The van der Waals surface area contributed by atoms with E-state index in [9.17, 15) is 10.2 Å². The fraction of sp³-hybridized carbons (Fsp3) is 0.818. The molecule has 6 heteroatoms. The molecule has 0 aliphatic carbocycles. The molecule has 1 unspecified atom stereocenters. The highest BCUT2D eigenvalue weighted by molar-refractivity contribution is 6.13. The molecule has 5 nitrogen and oxygen atoms in total. The molecular formula is C11H23BO5. The molecule has 1 heterocycles. The lowest BCUT2D eigenvalue weighted by atomic mass is 9.81. The van der Waals surface area contributed by atoms with E-state index in [0.717, 1.165) is 6.42 Å². The van der Waals surface area contributed by atoms with Gasteiger partial charge in [0, 0.05) is 0 Å². The molecule has 0 saturated carbocycles. The Hall–Kier alpha value is -0.395. The van der Waals surface area contributed by atoms with E-state index in [1.54, 1.807) is 20.8 Å². The minimum Gasteiger partial charge on any atom is -0.430 e. The van der Waals surface area contributed by atoms with Crippen LogP contribution < -0.4 is 0 Å². The Morgan fingerprint density at radius 2 is 1.82 bits per heavy atom. The summed E-state index contributed by atoms with van der Waals surface area (Å²) in [5, 5.41) is 34.1. The number of ether oxygens (including phenoxy) is 1. The van der Waals surface area contributed by atoms with Crippen LogP contribution in [0.2, 0.25) is 0 Å². The van der Waals surface area contributed by atoms with Crippen LogP contribution in [0.3, 0.4) is 0 Å². The molecule has 0 fully saturated rings. The van der Waals surface area contributed by atoms with Crippen LogP contribution in [0, 0.1) is 0 Å². The monoisotopic (exact) mass is 246 g/mol. The van der Waals surface area contributed by atoms with Crippen molar-refractivity contribution in [3.05, 3.63) is 11.6 Å². The maximum atomic E-state index is 10.1. The average Bonchev–Trinajstić information content (AvgIpc) is 2.17. The zero-order valence-corrected chi connectivity index (χ0v) is 10.8. The van der Waals surface area contributed by atoms with Crippen LogP contribution in [0.5, 0.6) is 0 Å². The third-order valence-corrected chi connectivity index (χ3v) is 2.95. The largest absolute Gasteiger partial charge is 0.432 e. The van der Waals surface area contributed by atoms with E-state index in [4.69, 9.17) is 14.8 Å². The fourth-order valence-corrected chi connectivity index (χ4v) is 1.38. The van der Waals surface area contributed by atoms with Crippen LogP contribution in [0.1, 0.15) is 33.6 Å². The highest BCUT2D eigenvalue weighted by Crippen LogP contribution is 2.29. The number of aliphatic hydroxyl groups is 2. The van der Waals surface area contributed by atoms with Crippen molar-refractivity contribution in [2.45, 2.75) is 44.8 Å². The van der Waals surface area contributed by atoms with Gasteiger partial charge in [-0.2, -0.15) is 0 Å². The Morgan fingerprint density at radius 1 is 1.29 bits per heavy atom. The summed E-state index contributed by atoms with van der Waals surface area (Å²) in [7, 11) is -0.750. The third kappa shape index (κ3) is 6.19. The predicted molar refractivity (Wildman–Crippen MR) is 66.6 cm³/mol. The van der Waals surface area contributed by atoms with Gasteiger partial charge in [-0.3, -0.25) is 0 Å². The lowest BCUT2D eigenvalue weighted by Crippen LogP contribution is -2.47. The van der Waals surface area contributed by atoms with Gasteiger partial charge in [-0.1, -0.05) is 11.6 Å². The second-order valence-corrected chi connectivity index (χ2v) is 4.84. The van der Waals surface area contributed by atoms with Crippen molar-refractivity contribution in [3.63, 3.8) is 0 Å². The second kappa shape index (κ2) is 7.13. The van der Waals surface area contributed by atoms with E-state index in [1.807, 2.05) is 6.08 Å². The van der Waals surface area contributed by atoms with Gasteiger partial charge in [-0.25, -0.2) is 0 Å². The SMILES string of the molecule is CC(C)(O)C(C)(O)CC1=CCOCC1.OBO. The van der Waals surface area contributed by atoms with E-state index < -0.39 is 18.9 Å². The van der Waals surface area contributed by atoms with E-state index >= 15 is 0 Å². The Kier molecular flexibility index (Phi) is 6.97. The summed E-state index contributed by atoms with van der Waals surface area (Å²) in [4.78, 5) is 0. The first kappa shape index (κ1) is 16.6. The first-order chi connectivity index (χ1) is 7.74. The summed E-state index contributed by atoms with van der Waals surface area (Å²) in [6.45, 7) is 6.27. The second-order valence-electron chi connectivity index (χ2n) is 4.84. The Balaban J connectivity index is 0.000000770. The van der Waals surface area contributed by atoms with Gasteiger partial charge in [-0.15, -0.1) is 0 Å². The molecule has 0 amide bonds. The summed E-state index contributed by atoms with van der Waals surface area (Å²) in [6, 6.07) is 0. The van der Waals surface area contributed by atoms with Crippen molar-refractivity contribution in [2.75, 3.05) is 13.2 Å². The summed E-state index contributed by atoms with van der Waals surface area (Å²) < 4.78 is 5.18. The molecule has 0 bridgehead atoms. The van der Waals surface area contributed by atoms with Crippen molar-refractivity contribution in [1.29, 1.82) is 0 Å². The van der Waals surface area contributed by atoms with Crippen LogP contribution >= 0.6 is 0 Å². The van der Waals surface area contributed by atoms with Gasteiger partial charge in [0.05, 0.1) is 24.4 Å². The lowest BCUT2D eigenvalue weighted by molar-refractivity contribution is -0.119. The standard InChI is InChI=1S/C11H20O3.BH3O2/c1-10(2,12)11(3,13)8-9-4-6-14-7-5-9;2-1-3/h4,12-13H,5-8H2,1-3H3;1-3H. The molecule has 1 atom stereocenters. The minimum absolute atomic E-state index is 0.514. The smallest absolute Gasteiger partial charge is 0.430 e. The maximum Gasteiger partial charge on any atom is 0.432 e. The van der Waals surface area contributed by atoms with Gasteiger partial charge < -0.3 is 25.0 Å². The quantitative estimate of drug-likeness (QED) is 0.397. The molecule has 0 radical (unpaired) electrons. The number of rotatable bonds is 3. The van der Waals surface area contributed by atoms with Gasteiger partial charge >= 0.3 is 7.69 Å². The number of hydrogen-bond acceptors (Lipinski definition) is 5. The molecular weight excluding hydrogens is 223 g/mol. The molecule has 0 saturated heterocycles. The van der Waals surface area contributed by atoms with E-state index in [2.05, 4.69) is 0 Å². The third-order valence-electron chi connectivity index (χ3n) is 2.95. The zero-order chi connectivity index (χ0) is 13.5. The van der Waals surface area contributed by atoms with Crippen molar-refractivity contribution >= 4 is 7.69 Å². The van der Waals surface area contributed by atoms with Gasteiger partial charge in [0.25, 0.3) is 0 Å². The highest BCUT2D eigenvalue weighted by atomic mass is 16.5. The first-order valence-corrected chi connectivity index (χ1v) is 5.66. The zero-order valence-electron chi connectivity index (χ0n) is 10.8. The molecule has 1 aliphatic heterocycles. The molecule has 0 aromatic rings. The van der Waals surface area contributed by atoms with Crippen LogP contribution in [-0.4, -0.2) is 52.4 Å². The number of hydrogen-bond donors (Lipinski definition) is 4. The fourth-order valence-electron chi connectivity index (χ4n) is 1.38. The molecule has 1 aliphatic rings. The summed E-state index contributed by atoms with van der Waals surface area (Å²) in [5.74, 6) is 0. The molecule has 0 aromatic carbocycles. The van der Waals surface area contributed by atoms with Crippen molar-refractivity contribution < 1.29 is 25.0 Å². The Labute approximate surface area is 103 Å². The molecule has 0 spiro atoms. The maximum absolute atomic E-state index is 10.1. The van der Waals surface area contributed by atoms with Crippen LogP contribution in [0.15, 0.2) is 11.6 Å². The van der Waals surface area contributed by atoms with Gasteiger partial charge in [0.1, 0.15) is 0 Å². The molecule has 4 N–H and O–H groups in total. The molecule has 0 aromatic heterocycles. The molecule has 17 heavy (non-hydrogen) atoms. The lowest BCUT2D eigenvalue weighted by Gasteiger charge is -2.36. The van der Waals surface area contributed by atoms with Crippen LogP contribution in [-0.2, 0) is 4.74 Å². The van der Waals surface area contributed by atoms with Crippen molar-refractivity contribution in [1.82, 2.24) is 0 Å². The summed E-state index contributed by atoms with van der Waals surface area (Å²) in [5.41, 5.74) is -0.981. The van der Waals surface area contributed by atoms with Crippen LogP contribution in [0.4, 0.5) is 0 Å². The van der Waals surface area contributed by atoms with Gasteiger partial charge in [-0.05, 0) is 33.6 Å². The Morgan fingerprint density at radius 3 is 2.18 bits per heavy atom. The van der Waals surface area contributed by atoms with Crippen molar-refractivity contribution in [3.8, 4) is 0 Å². The highest BCUT2D eigenvalue weighted by Gasteiger charge is 2.37. The van der Waals surface area contributed by atoms with Gasteiger partial charge in [0.15, 0.2) is 0 Å². The van der Waals surface area contributed by atoms with E-state index in [-0.39, 0.29) is 0 Å². The predicted octanol–water partition coefficient (Wildman–Crippen LogP) is -0.517.